The van der Waals surface area contributed by atoms with Crippen molar-refractivity contribution in [1.29, 1.82) is 0 Å². The number of cyclic esters (lactones) is 1. The van der Waals surface area contributed by atoms with Crippen molar-refractivity contribution in [2.24, 2.45) is 7.05 Å². The largest absolute Gasteiger partial charge is 0.457 e. The summed E-state index contributed by atoms with van der Waals surface area (Å²) in [4.78, 5) is 23.4. The van der Waals surface area contributed by atoms with Gasteiger partial charge in [-0.3, -0.25) is 4.57 Å². The number of carbonyl (C=O) groups excluding carboxylic acids is 1. The third kappa shape index (κ3) is 3.39. The number of nitrogens with zero attached hydrogens (tertiary/aromatic N) is 4. The van der Waals surface area contributed by atoms with E-state index < -0.39 is 11.9 Å². The van der Waals surface area contributed by atoms with Gasteiger partial charge in [0.1, 0.15) is 6.61 Å². The van der Waals surface area contributed by atoms with E-state index in [0.717, 1.165) is 22.4 Å². The minimum Gasteiger partial charge on any atom is -0.457 e. The lowest BCUT2D eigenvalue weighted by Gasteiger charge is -2.16. The molecule has 0 fully saturated rings. The number of benzene rings is 2. The summed E-state index contributed by atoms with van der Waals surface area (Å²) in [6.45, 7) is 2.85. The highest BCUT2D eigenvalue weighted by Gasteiger charge is 2.25. The number of aliphatic hydroxyl groups is 1. The zero-order valence-corrected chi connectivity index (χ0v) is 17.5. The molecule has 0 radical (unpaired) electrons. The molecule has 0 saturated heterocycles. The van der Waals surface area contributed by atoms with E-state index in [1.165, 1.54) is 4.57 Å². The van der Waals surface area contributed by atoms with Gasteiger partial charge in [-0.2, -0.15) is 0 Å². The van der Waals surface area contributed by atoms with Crippen LogP contribution in [0.4, 0.5) is 0 Å². The second-order valence-corrected chi connectivity index (χ2v) is 7.76. The van der Waals surface area contributed by atoms with Gasteiger partial charge in [-0.05, 0) is 42.3 Å². The minimum atomic E-state index is -0.740. The Hall–Kier alpha value is -3.76. The lowest BCUT2D eigenvalue weighted by atomic mass is 9.95. The maximum atomic E-state index is 11.7. The molecule has 10 nitrogen and oxygen atoms in total. The van der Waals surface area contributed by atoms with E-state index in [1.54, 1.807) is 48.3 Å². The predicted molar refractivity (Wildman–Crippen MR) is 113 cm³/mol. The van der Waals surface area contributed by atoms with Gasteiger partial charge in [0.05, 0.1) is 34.8 Å². The lowest BCUT2D eigenvalue weighted by molar-refractivity contribution is 0.0535. The Morgan fingerprint density at radius 1 is 1.25 bits per heavy atom. The normalized spacial score (nSPS) is 14.0. The number of carbonyl (C=O) groups is 1. The number of esters is 1. The molecule has 0 amide bonds. The molecule has 1 aliphatic rings. The molecule has 1 aliphatic heterocycles. The van der Waals surface area contributed by atoms with Crippen LogP contribution in [0.25, 0.3) is 16.8 Å². The third-order valence-corrected chi connectivity index (χ3v) is 5.79. The van der Waals surface area contributed by atoms with Crippen LogP contribution in [-0.4, -0.2) is 37.2 Å². The molecule has 0 saturated carbocycles. The first kappa shape index (κ1) is 20.2. The zero-order chi connectivity index (χ0) is 22.4. The molecule has 32 heavy (non-hydrogen) atoms. The van der Waals surface area contributed by atoms with Gasteiger partial charge in [-0.25, -0.2) is 14.3 Å². The van der Waals surface area contributed by atoms with Gasteiger partial charge in [0.25, 0.3) is 0 Å². The number of aryl methyl sites for hydroxylation is 1. The molecular weight excluding hydrogens is 414 g/mol. The highest BCUT2D eigenvalue weighted by molar-refractivity contribution is 5.94. The highest BCUT2D eigenvalue weighted by Crippen LogP contribution is 2.28. The van der Waals surface area contributed by atoms with Gasteiger partial charge < -0.3 is 19.6 Å². The van der Waals surface area contributed by atoms with Crippen LogP contribution in [0.1, 0.15) is 38.8 Å². The maximum Gasteiger partial charge on any atom is 0.419 e. The first-order valence-electron chi connectivity index (χ1n) is 10.1. The first-order chi connectivity index (χ1) is 15.4. The molecule has 2 aromatic heterocycles. The van der Waals surface area contributed by atoms with Crippen molar-refractivity contribution in [2.45, 2.75) is 26.2 Å². The number of ether oxygens (including phenoxy) is 1. The summed E-state index contributed by atoms with van der Waals surface area (Å²) in [6, 6.07) is 8.80. The molecule has 5 rings (SSSR count). The number of hydrogen-bond donors (Lipinski definition) is 2. The fourth-order valence-corrected chi connectivity index (χ4v) is 3.94. The molecule has 4 aromatic rings. The molecule has 0 spiro atoms. The van der Waals surface area contributed by atoms with Gasteiger partial charge in [0.15, 0.2) is 5.58 Å². The molecular formula is C22H21N5O5. The fraction of sp³-hybridized carbons (Fsp3) is 0.273. The molecule has 1 atom stereocenters. The van der Waals surface area contributed by atoms with Crippen LogP contribution in [0.5, 0.6) is 0 Å². The van der Waals surface area contributed by atoms with Gasteiger partial charge >= 0.3 is 11.7 Å². The summed E-state index contributed by atoms with van der Waals surface area (Å²) in [6.07, 6.45) is 1.04. The van der Waals surface area contributed by atoms with Crippen molar-refractivity contribution in [3.63, 3.8) is 0 Å². The quantitative estimate of drug-likeness (QED) is 0.437. The summed E-state index contributed by atoms with van der Waals surface area (Å²) in [7, 11) is 1.65. The van der Waals surface area contributed by atoms with E-state index in [-0.39, 0.29) is 12.6 Å². The molecule has 1 unspecified atom stereocenters. The number of fused-ring (bicyclic) bond motifs is 2. The molecule has 3 heterocycles. The topological polar surface area (TPSA) is 124 Å². The SMILES string of the molecule is Cc1c(C(O)CNCc2cn(-c3ccc4oc(=O)n(C)c4c3)nn2)ccc2c1COC2=O. The summed E-state index contributed by atoms with van der Waals surface area (Å²) < 4.78 is 13.3. The predicted octanol–water partition coefficient (Wildman–Crippen LogP) is 1.51. The van der Waals surface area contributed by atoms with Crippen LogP contribution < -0.4 is 11.1 Å². The van der Waals surface area contributed by atoms with E-state index in [9.17, 15) is 14.7 Å². The standard InChI is InChI=1S/C22H21N5O5/c1-12-15(4-5-16-17(12)11-31-21(16)29)19(28)9-23-8-13-10-27(25-24-13)14-3-6-20-18(7-14)26(2)22(30)32-20/h3-7,10,19,23,28H,8-9,11H2,1-2H3. The molecule has 2 aromatic carbocycles. The van der Waals surface area contributed by atoms with E-state index in [0.29, 0.717) is 35.4 Å². The van der Waals surface area contributed by atoms with Crippen LogP contribution in [0.15, 0.2) is 45.7 Å². The number of aliphatic hydroxyl groups excluding tert-OH is 1. The average molecular weight is 435 g/mol. The Morgan fingerprint density at radius 3 is 2.94 bits per heavy atom. The van der Waals surface area contributed by atoms with E-state index >= 15 is 0 Å². The van der Waals surface area contributed by atoms with Crippen molar-refractivity contribution in [3.05, 3.63) is 75.0 Å². The number of hydrogen-bond acceptors (Lipinski definition) is 8. The fourth-order valence-electron chi connectivity index (χ4n) is 3.94. The summed E-state index contributed by atoms with van der Waals surface area (Å²) in [5.41, 5.74) is 5.66. The van der Waals surface area contributed by atoms with Gasteiger partial charge in [-0.15, -0.1) is 5.10 Å². The van der Waals surface area contributed by atoms with Crippen LogP contribution >= 0.6 is 0 Å². The lowest BCUT2D eigenvalue weighted by Crippen LogP contribution is -2.22. The minimum absolute atomic E-state index is 0.246. The van der Waals surface area contributed by atoms with E-state index in [1.807, 2.05) is 6.92 Å². The molecule has 10 heteroatoms. The summed E-state index contributed by atoms with van der Waals surface area (Å²) in [5, 5.41) is 22.1. The Kier molecular flexibility index (Phi) is 4.87. The first-order valence-corrected chi connectivity index (χ1v) is 10.1. The van der Waals surface area contributed by atoms with Crippen LogP contribution in [-0.2, 0) is 24.9 Å². The Balaban J connectivity index is 1.25. The average Bonchev–Trinajstić information content (AvgIpc) is 3.47. The highest BCUT2D eigenvalue weighted by atomic mass is 16.5. The van der Waals surface area contributed by atoms with Crippen molar-refractivity contribution in [1.82, 2.24) is 24.9 Å². The zero-order valence-electron chi connectivity index (χ0n) is 17.5. The molecule has 0 aliphatic carbocycles. The second-order valence-electron chi connectivity index (χ2n) is 7.76. The maximum absolute atomic E-state index is 11.7. The monoisotopic (exact) mass is 435 g/mol. The van der Waals surface area contributed by atoms with Gasteiger partial charge in [0, 0.05) is 25.7 Å². The van der Waals surface area contributed by atoms with Gasteiger partial charge in [0.2, 0.25) is 0 Å². The van der Waals surface area contributed by atoms with Crippen LogP contribution in [0, 0.1) is 6.92 Å². The number of aromatic nitrogens is 4. The van der Waals surface area contributed by atoms with Crippen molar-refractivity contribution in [3.8, 4) is 5.69 Å². The summed E-state index contributed by atoms with van der Waals surface area (Å²) >= 11 is 0. The summed E-state index contributed by atoms with van der Waals surface area (Å²) in [5.74, 6) is -0.739. The molecule has 164 valence electrons. The molecule has 2 N–H and O–H groups in total. The van der Waals surface area contributed by atoms with E-state index in [2.05, 4.69) is 15.6 Å². The number of nitrogens with one attached hydrogen (secondary N) is 1. The van der Waals surface area contributed by atoms with E-state index in [4.69, 9.17) is 9.15 Å². The smallest absolute Gasteiger partial charge is 0.419 e. The Labute approximate surface area is 182 Å². The second kappa shape index (κ2) is 7.74. The third-order valence-electron chi connectivity index (χ3n) is 5.79. The van der Waals surface area contributed by atoms with Crippen LogP contribution in [0.3, 0.4) is 0 Å². The van der Waals surface area contributed by atoms with Crippen molar-refractivity contribution >= 4 is 17.1 Å². The Bertz CT molecular complexity index is 1400. The van der Waals surface area contributed by atoms with Crippen LogP contribution in [0.2, 0.25) is 0 Å². The Morgan fingerprint density at radius 2 is 2.09 bits per heavy atom. The number of rotatable bonds is 6. The number of oxazole rings is 1. The van der Waals surface area contributed by atoms with Crippen molar-refractivity contribution < 1.29 is 19.1 Å². The van der Waals surface area contributed by atoms with Crippen molar-refractivity contribution in [2.75, 3.05) is 6.54 Å². The molecule has 0 bridgehead atoms. The van der Waals surface area contributed by atoms with Gasteiger partial charge in [-0.1, -0.05) is 11.3 Å².